The van der Waals surface area contributed by atoms with Gasteiger partial charge in [-0.2, -0.15) is 0 Å². The van der Waals surface area contributed by atoms with E-state index in [2.05, 4.69) is 25.6 Å². The molecule has 0 radical (unpaired) electrons. The normalized spacial score (nSPS) is 17.9. The van der Waals surface area contributed by atoms with E-state index in [-0.39, 0.29) is 5.91 Å². The SMILES string of the molecule is O=C(NC[C@H]1CCCNC1)c1ccnc2[nH]c(-c3cccs3)nc12. The van der Waals surface area contributed by atoms with Gasteiger partial charge in [-0.3, -0.25) is 4.79 Å². The van der Waals surface area contributed by atoms with Crippen molar-refractivity contribution >= 4 is 28.4 Å². The average molecular weight is 341 g/mol. The summed E-state index contributed by atoms with van der Waals surface area (Å²) in [7, 11) is 0. The summed E-state index contributed by atoms with van der Waals surface area (Å²) in [4.78, 5) is 25.7. The maximum atomic E-state index is 12.6. The number of carbonyl (C=O) groups is 1. The number of imidazole rings is 1. The molecule has 7 heteroatoms. The number of nitrogens with zero attached hydrogens (tertiary/aromatic N) is 2. The van der Waals surface area contributed by atoms with Gasteiger partial charge in [0.15, 0.2) is 5.65 Å². The van der Waals surface area contributed by atoms with Crippen molar-refractivity contribution in [2.75, 3.05) is 19.6 Å². The van der Waals surface area contributed by atoms with Gasteiger partial charge in [0.2, 0.25) is 0 Å². The Kier molecular flexibility index (Phi) is 4.27. The predicted octanol–water partition coefficient (Wildman–Crippen LogP) is 2.42. The molecule has 0 spiro atoms. The summed E-state index contributed by atoms with van der Waals surface area (Å²) >= 11 is 1.61. The maximum Gasteiger partial charge on any atom is 0.253 e. The van der Waals surface area contributed by atoms with Gasteiger partial charge in [0.1, 0.15) is 11.3 Å². The van der Waals surface area contributed by atoms with Crippen LogP contribution in [0.2, 0.25) is 0 Å². The molecule has 1 aliphatic heterocycles. The van der Waals surface area contributed by atoms with Gasteiger partial charge in [-0.25, -0.2) is 9.97 Å². The van der Waals surface area contributed by atoms with Crippen LogP contribution in [0.15, 0.2) is 29.8 Å². The standard InChI is InChI=1S/C17H19N5OS/c23-17(20-10-11-3-1-6-18-9-11)12-5-7-19-16-14(12)21-15(22-16)13-4-2-8-24-13/h2,4-5,7-8,11,18H,1,3,6,9-10H2,(H,20,23)(H,19,21,22)/t11-/m0/s1. The van der Waals surface area contributed by atoms with E-state index in [1.54, 1.807) is 23.6 Å². The van der Waals surface area contributed by atoms with E-state index >= 15 is 0 Å². The van der Waals surface area contributed by atoms with Crippen molar-refractivity contribution in [1.29, 1.82) is 0 Å². The fraction of sp³-hybridized carbons (Fsp3) is 0.353. The lowest BCUT2D eigenvalue weighted by Gasteiger charge is -2.22. The molecule has 0 aliphatic carbocycles. The van der Waals surface area contributed by atoms with Gasteiger partial charge in [-0.05, 0) is 49.4 Å². The maximum absolute atomic E-state index is 12.6. The zero-order valence-corrected chi connectivity index (χ0v) is 14.0. The average Bonchev–Trinajstić information content (AvgIpc) is 3.29. The molecule has 24 heavy (non-hydrogen) atoms. The summed E-state index contributed by atoms with van der Waals surface area (Å²) < 4.78 is 0. The molecule has 0 unspecified atom stereocenters. The first-order valence-corrected chi connectivity index (χ1v) is 9.07. The minimum atomic E-state index is -0.0859. The van der Waals surface area contributed by atoms with E-state index in [4.69, 9.17) is 0 Å². The molecule has 1 aliphatic rings. The molecular formula is C17H19N5OS. The Morgan fingerprint density at radius 3 is 3.17 bits per heavy atom. The van der Waals surface area contributed by atoms with E-state index in [1.165, 1.54) is 6.42 Å². The molecular weight excluding hydrogens is 322 g/mol. The molecule has 3 aromatic rings. The molecule has 0 bridgehead atoms. The van der Waals surface area contributed by atoms with Gasteiger partial charge in [0, 0.05) is 12.7 Å². The largest absolute Gasteiger partial charge is 0.352 e. The topological polar surface area (TPSA) is 82.7 Å². The zero-order chi connectivity index (χ0) is 16.4. The summed E-state index contributed by atoms with van der Waals surface area (Å²) in [5.41, 5.74) is 1.84. The Morgan fingerprint density at radius 2 is 2.38 bits per heavy atom. The van der Waals surface area contributed by atoms with Crippen molar-refractivity contribution < 1.29 is 4.79 Å². The number of carbonyl (C=O) groups excluding carboxylic acids is 1. The Hall–Kier alpha value is -2.25. The van der Waals surface area contributed by atoms with Crippen LogP contribution < -0.4 is 10.6 Å². The molecule has 1 saturated heterocycles. The monoisotopic (exact) mass is 341 g/mol. The van der Waals surface area contributed by atoms with Gasteiger partial charge in [-0.1, -0.05) is 6.07 Å². The van der Waals surface area contributed by atoms with Crippen LogP contribution in [0, 0.1) is 5.92 Å². The number of aromatic amines is 1. The first-order valence-electron chi connectivity index (χ1n) is 8.19. The van der Waals surface area contributed by atoms with Crippen molar-refractivity contribution in [2.24, 2.45) is 5.92 Å². The third-order valence-electron chi connectivity index (χ3n) is 4.33. The Bertz CT molecular complexity index is 836. The van der Waals surface area contributed by atoms with Gasteiger partial charge in [-0.15, -0.1) is 11.3 Å². The smallest absolute Gasteiger partial charge is 0.253 e. The second-order valence-corrected chi connectivity index (χ2v) is 6.99. The summed E-state index contributed by atoms with van der Waals surface area (Å²) in [6.45, 7) is 2.74. The molecule has 4 rings (SSSR count). The summed E-state index contributed by atoms with van der Waals surface area (Å²) in [5, 5.41) is 8.42. The first kappa shape index (κ1) is 15.3. The van der Waals surface area contributed by atoms with Crippen LogP contribution in [0.3, 0.4) is 0 Å². The van der Waals surface area contributed by atoms with Crippen molar-refractivity contribution in [1.82, 2.24) is 25.6 Å². The molecule has 1 atom stereocenters. The molecule has 3 aromatic heterocycles. The number of amides is 1. The number of pyridine rings is 1. The van der Waals surface area contributed by atoms with Gasteiger partial charge >= 0.3 is 0 Å². The minimum absolute atomic E-state index is 0.0859. The zero-order valence-electron chi connectivity index (χ0n) is 13.2. The van der Waals surface area contributed by atoms with Crippen molar-refractivity contribution in [3.8, 4) is 10.7 Å². The van der Waals surface area contributed by atoms with Crippen LogP contribution in [0.4, 0.5) is 0 Å². The van der Waals surface area contributed by atoms with E-state index in [0.717, 1.165) is 30.2 Å². The Morgan fingerprint density at radius 1 is 1.42 bits per heavy atom. The number of aromatic nitrogens is 3. The van der Waals surface area contributed by atoms with Crippen LogP contribution in [0.25, 0.3) is 21.9 Å². The highest BCUT2D eigenvalue weighted by Gasteiger charge is 2.18. The van der Waals surface area contributed by atoms with Gasteiger partial charge < -0.3 is 15.6 Å². The number of rotatable bonds is 4. The third kappa shape index (κ3) is 3.05. The lowest BCUT2D eigenvalue weighted by atomic mass is 10.00. The van der Waals surface area contributed by atoms with E-state index in [9.17, 15) is 4.79 Å². The number of hydrogen-bond acceptors (Lipinski definition) is 5. The lowest BCUT2D eigenvalue weighted by molar-refractivity contribution is 0.0946. The number of nitrogens with one attached hydrogen (secondary N) is 3. The molecule has 124 valence electrons. The number of H-pyrrole nitrogens is 1. The lowest BCUT2D eigenvalue weighted by Crippen LogP contribution is -2.38. The second kappa shape index (κ2) is 6.70. The van der Waals surface area contributed by atoms with Crippen LogP contribution in [-0.2, 0) is 0 Å². The first-order chi connectivity index (χ1) is 11.8. The van der Waals surface area contributed by atoms with E-state index in [0.29, 0.717) is 29.2 Å². The second-order valence-electron chi connectivity index (χ2n) is 6.04. The summed E-state index contributed by atoms with van der Waals surface area (Å²) in [5.74, 6) is 1.17. The highest BCUT2D eigenvalue weighted by Crippen LogP contribution is 2.25. The highest BCUT2D eigenvalue weighted by atomic mass is 32.1. The van der Waals surface area contributed by atoms with Crippen LogP contribution in [-0.4, -0.2) is 40.5 Å². The highest BCUT2D eigenvalue weighted by molar-refractivity contribution is 7.13. The van der Waals surface area contributed by atoms with E-state index in [1.807, 2.05) is 17.5 Å². The quantitative estimate of drug-likeness (QED) is 0.680. The molecule has 0 aromatic carbocycles. The Balaban J connectivity index is 1.55. The van der Waals surface area contributed by atoms with Crippen LogP contribution >= 0.6 is 11.3 Å². The number of thiophene rings is 1. The number of hydrogen-bond donors (Lipinski definition) is 3. The van der Waals surface area contributed by atoms with Gasteiger partial charge in [0.25, 0.3) is 5.91 Å². The third-order valence-corrected chi connectivity index (χ3v) is 5.21. The molecule has 3 N–H and O–H groups in total. The summed E-state index contributed by atoms with van der Waals surface area (Å²) in [6, 6.07) is 5.71. The fourth-order valence-electron chi connectivity index (χ4n) is 3.05. The van der Waals surface area contributed by atoms with E-state index < -0.39 is 0 Å². The van der Waals surface area contributed by atoms with Gasteiger partial charge in [0.05, 0.1) is 10.4 Å². The molecule has 4 heterocycles. The van der Waals surface area contributed by atoms with Crippen molar-refractivity contribution in [2.45, 2.75) is 12.8 Å². The predicted molar refractivity (Wildman–Crippen MR) is 95.1 cm³/mol. The van der Waals surface area contributed by atoms with Crippen molar-refractivity contribution in [3.63, 3.8) is 0 Å². The molecule has 1 amide bonds. The fourth-order valence-corrected chi connectivity index (χ4v) is 3.72. The summed E-state index contributed by atoms with van der Waals surface area (Å²) in [6.07, 6.45) is 3.98. The van der Waals surface area contributed by atoms with Crippen LogP contribution in [0.1, 0.15) is 23.2 Å². The molecule has 6 nitrogen and oxygen atoms in total. The Labute approximate surface area is 143 Å². The number of piperidine rings is 1. The minimum Gasteiger partial charge on any atom is -0.352 e. The molecule has 0 saturated carbocycles. The number of fused-ring (bicyclic) bond motifs is 1. The molecule has 1 fully saturated rings. The van der Waals surface area contributed by atoms with Crippen LogP contribution in [0.5, 0.6) is 0 Å². The van der Waals surface area contributed by atoms with Crippen molar-refractivity contribution in [3.05, 3.63) is 35.3 Å².